The van der Waals surface area contributed by atoms with Crippen molar-refractivity contribution in [3.05, 3.63) is 29.4 Å². The Morgan fingerprint density at radius 3 is 2.35 bits per heavy atom. The Hall–Kier alpha value is -2.21. The van der Waals surface area contributed by atoms with Crippen molar-refractivity contribution in [2.24, 2.45) is 11.7 Å². The van der Waals surface area contributed by atoms with Crippen LogP contribution < -0.4 is 5.73 Å². The lowest BCUT2D eigenvalue weighted by Gasteiger charge is -2.32. The fourth-order valence-electron chi connectivity index (χ4n) is 2.06. The van der Waals surface area contributed by atoms with Crippen LogP contribution in [0.2, 0.25) is 0 Å². The van der Waals surface area contributed by atoms with Crippen molar-refractivity contribution in [3.63, 3.8) is 0 Å². The van der Waals surface area contributed by atoms with Gasteiger partial charge in [-0.15, -0.1) is 0 Å². The van der Waals surface area contributed by atoms with Gasteiger partial charge in [0.1, 0.15) is 17.5 Å². The first kappa shape index (κ1) is 18.8. The molecule has 0 unspecified atom stereocenters. The molecule has 126 valence electrons. The summed E-state index contributed by atoms with van der Waals surface area (Å²) in [5, 5.41) is 10.3. The summed E-state index contributed by atoms with van der Waals surface area (Å²) >= 11 is 0. The molecule has 0 amide bonds. The number of ether oxygens (including phenoxy) is 2. The van der Waals surface area contributed by atoms with Crippen LogP contribution in [0.4, 0.5) is 0 Å². The monoisotopic (exact) mass is 323 g/mol. The van der Waals surface area contributed by atoms with Crippen molar-refractivity contribution in [2.75, 3.05) is 7.11 Å². The molecule has 0 saturated carbocycles. The SMILES string of the molecule is COC(=O)[C@](N)(O)[C@@H](C(=O)OC(C)(C)C)C1=CCC(=C=O)C=C1. The molecule has 23 heavy (non-hydrogen) atoms. The third-order valence-electron chi connectivity index (χ3n) is 3.09. The van der Waals surface area contributed by atoms with Gasteiger partial charge in [-0.3, -0.25) is 10.5 Å². The predicted octanol–water partition coefficient (Wildman–Crippen LogP) is 0.409. The van der Waals surface area contributed by atoms with Crippen molar-refractivity contribution in [1.29, 1.82) is 0 Å². The van der Waals surface area contributed by atoms with E-state index in [-0.39, 0.29) is 12.0 Å². The number of methoxy groups -OCH3 is 1. The number of rotatable bonds is 4. The minimum absolute atomic E-state index is 0.200. The number of hydrogen-bond acceptors (Lipinski definition) is 7. The lowest BCUT2D eigenvalue weighted by molar-refractivity contribution is -0.181. The van der Waals surface area contributed by atoms with Crippen LogP contribution in [0.5, 0.6) is 0 Å². The molecular weight excluding hydrogens is 302 g/mol. The molecule has 0 aromatic heterocycles. The highest BCUT2D eigenvalue weighted by Gasteiger charge is 2.49. The number of hydrogen-bond donors (Lipinski definition) is 2. The molecule has 0 radical (unpaired) electrons. The summed E-state index contributed by atoms with van der Waals surface area (Å²) in [5.41, 5.74) is 2.84. The number of carbonyl (C=O) groups excluding carboxylic acids is 3. The van der Waals surface area contributed by atoms with Gasteiger partial charge in [-0.05, 0) is 32.4 Å². The molecule has 7 heteroatoms. The van der Waals surface area contributed by atoms with Crippen molar-refractivity contribution in [3.8, 4) is 0 Å². The van der Waals surface area contributed by atoms with E-state index in [9.17, 15) is 19.5 Å². The van der Waals surface area contributed by atoms with Gasteiger partial charge in [0.25, 0.3) is 0 Å². The Kier molecular flexibility index (Phi) is 5.66. The van der Waals surface area contributed by atoms with Crippen LogP contribution in [-0.2, 0) is 23.9 Å². The second-order valence-corrected chi connectivity index (χ2v) is 6.15. The molecule has 0 heterocycles. The molecule has 0 saturated heterocycles. The minimum atomic E-state index is -2.60. The largest absolute Gasteiger partial charge is 0.466 e. The van der Waals surface area contributed by atoms with E-state index in [0.29, 0.717) is 5.57 Å². The molecule has 3 N–H and O–H groups in total. The maximum absolute atomic E-state index is 12.4. The van der Waals surface area contributed by atoms with E-state index in [1.807, 2.05) is 0 Å². The maximum Gasteiger partial charge on any atom is 0.354 e. The molecule has 0 fully saturated rings. The summed E-state index contributed by atoms with van der Waals surface area (Å²) < 4.78 is 9.71. The van der Waals surface area contributed by atoms with E-state index >= 15 is 0 Å². The number of carbonyl (C=O) groups is 2. The van der Waals surface area contributed by atoms with Crippen LogP contribution in [0.3, 0.4) is 0 Å². The van der Waals surface area contributed by atoms with Gasteiger partial charge in [-0.25, -0.2) is 9.59 Å². The van der Waals surface area contributed by atoms with Crippen LogP contribution in [0.25, 0.3) is 0 Å². The summed E-state index contributed by atoms with van der Waals surface area (Å²) in [5.74, 6) is -1.79. The van der Waals surface area contributed by atoms with Crippen LogP contribution in [0, 0.1) is 5.92 Å². The van der Waals surface area contributed by atoms with Gasteiger partial charge in [0.2, 0.25) is 5.72 Å². The summed E-state index contributed by atoms with van der Waals surface area (Å²) in [7, 11) is 1.05. The van der Waals surface area contributed by atoms with E-state index < -0.39 is 29.2 Å². The Morgan fingerprint density at radius 1 is 1.35 bits per heavy atom. The first-order valence-corrected chi connectivity index (χ1v) is 6.97. The first-order valence-electron chi connectivity index (χ1n) is 6.97. The van der Waals surface area contributed by atoms with Gasteiger partial charge in [0, 0.05) is 12.0 Å². The standard InChI is InChI=1S/C16H21NO6/c1-15(2,3)23-13(19)12(16(17,21)14(20)22-4)11-7-5-10(9-18)6-8-11/h5,7-8,12,21H,6,17H2,1-4H3/t12-,16-/m1/s1. The number of aliphatic hydroxyl groups is 1. The highest BCUT2D eigenvalue weighted by molar-refractivity contribution is 5.89. The molecule has 1 rings (SSSR count). The zero-order valence-corrected chi connectivity index (χ0v) is 13.6. The van der Waals surface area contributed by atoms with Gasteiger partial charge in [-0.2, -0.15) is 0 Å². The summed E-state index contributed by atoms with van der Waals surface area (Å²) in [6, 6.07) is 0. The first-order chi connectivity index (χ1) is 10.5. The van der Waals surface area contributed by atoms with Crippen LogP contribution in [-0.4, -0.2) is 41.4 Å². The van der Waals surface area contributed by atoms with E-state index in [4.69, 9.17) is 10.5 Å². The molecule has 0 aromatic rings. The molecular formula is C16H21NO6. The van der Waals surface area contributed by atoms with E-state index in [1.165, 1.54) is 18.2 Å². The third-order valence-corrected chi connectivity index (χ3v) is 3.09. The highest BCUT2D eigenvalue weighted by Crippen LogP contribution is 2.30. The smallest absolute Gasteiger partial charge is 0.354 e. The summed E-state index contributed by atoms with van der Waals surface area (Å²) in [6.45, 7) is 4.94. The quantitative estimate of drug-likeness (QED) is 0.437. The van der Waals surface area contributed by atoms with Crippen molar-refractivity contribution in [2.45, 2.75) is 38.5 Å². The minimum Gasteiger partial charge on any atom is -0.466 e. The van der Waals surface area contributed by atoms with Gasteiger partial charge < -0.3 is 14.6 Å². The lowest BCUT2D eigenvalue weighted by atomic mass is 9.84. The number of esters is 2. The average Bonchev–Trinajstić information content (AvgIpc) is 2.45. The van der Waals surface area contributed by atoms with E-state index in [0.717, 1.165) is 7.11 Å². The number of allylic oxidation sites excluding steroid dienone is 4. The summed E-state index contributed by atoms with van der Waals surface area (Å²) in [6.07, 6.45) is 4.56. The third kappa shape index (κ3) is 4.63. The zero-order valence-electron chi connectivity index (χ0n) is 13.6. The molecule has 7 nitrogen and oxygen atoms in total. The highest BCUT2D eigenvalue weighted by atomic mass is 16.6. The van der Waals surface area contributed by atoms with Crippen molar-refractivity contribution < 1.29 is 29.0 Å². The molecule has 1 aliphatic rings. The molecule has 2 atom stereocenters. The second-order valence-electron chi connectivity index (χ2n) is 6.15. The fraction of sp³-hybridized carbons (Fsp3) is 0.500. The normalized spacial score (nSPS) is 18.3. The Bertz CT molecular complexity index is 603. The van der Waals surface area contributed by atoms with Gasteiger partial charge in [0.15, 0.2) is 0 Å². The summed E-state index contributed by atoms with van der Waals surface area (Å²) in [4.78, 5) is 34.9. The molecule has 0 bridgehead atoms. The van der Waals surface area contributed by atoms with Crippen LogP contribution in [0.15, 0.2) is 29.4 Å². The topological polar surface area (TPSA) is 116 Å². The Balaban J connectivity index is 3.25. The molecule has 1 aliphatic carbocycles. The van der Waals surface area contributed by atoms with Gasteiger partial charge >= 0.3 is 11.9 Å². The predicted molar refractivity (Wildman–Crippen MR) is 81.5 cm³/mol. The lowest BCUT2D eigenvalue weighted by Crippen LogP contribution is -2.58. The average molecular weight is 323 g/mol. The maximum atomic E-state index is 12.4. The molecule has 0 aromatic carbocycles. The molecule has 0 spiro atoms. The Morgan fingerprint density at radius 2 is 1.96 bits per heavy atom. The Labute approximate surface area is 134 Å². The van der Waals surface area contributed by atoms with Crippen LogP contribution >= 0.6 is 0 Å². The van der Waals surface area contributed by atoms with Crippen molar-refractivity contribution in [1.82, 2.24) is 0 Å². The van der Waals surface area contributed by atoms with Gasteiger partial charge in [0.05, 0.1) is 7.11 Å². The fourth-order valence-corrected chi connectivity index (χ4v) is 2.06. The van der Waals surface area contributed by atoms with Crippen molar-refractivity contribution >= 4 is 17.9 Å². The zero-order chi connectivity index (χ0) is 17.8. The number of nitrogens with two attached hydrogens (primary N) is 1. The molecule has 0 aliphatic heterocycles. The van der Waals surface area contributed by atoms with Crippen LogP contribution in [0.1, 0.15) is 27.2 Å². The van der Waals surface area contributed by atoms with Gasteiger partial charge in [-0.1, -0.05) is 12.2 Å². The second kappa shape index (κ2) is 6.91. The van der Waals surface area contributed by atoms with E-state index in [1.54, 1.807) is 26.7 Å². The van der Waals surface area contributed by atoms with E-state index in [2.05, 4.69) is 4.74 Å².